The Morgan fingerprint density at radius 3 is 2.54 bits per heavy atom. The number of nitrogens with zero attached hydrogens (tertiary/aromatic N) is 1. The van der Waals surface area contributed by atoms with E-state index in [-0.39, 0.29) is 6.04 Å². The molecule has 0 aliphatic rings. The molecule has 1 unspecified atom stereocenters. The molecule has 1 rings (SSSR count). The molecule has 0 radical (unpaired) electrons. The number of hydrogen-bond donors (Lipinski definition) is 1. The van der Waals surface area contributed by atoms with Gasteiger partial charge in [-0.15, -0.1) is 0 Å². The molecule has 2 N–H and O–H groups in total. The summed E-state index contributed by atoms with van der Waals surface area (Å²) in [6, 6.07) is 4.11. The van der Waals surface area contributed by atoms with E-state index >= 15 is 0 Å². The molecule has 0 aromatic carbocycles. The third kappa shape index (κ3) is 2.32. The molecule has 0 bridgehead atoms. The van der Waals surface area contributed by atoms with E-state index < -0.39 is 0 Å². The molecule has 0 amide bonds. The lowest BCUT2D eigenvalue weighted by atomic mass is 10.2. The van der Waals surface area contributed by atoms with Crippen LogP contribution in [0.4, 0.5) is 0 Å². The molecule has 0 spiro atoms. The molecular formula is C10H18N2O. The minimum Gasteiger partial charge on any atom is -0.468 e. The first kappa shape index (κ1) is 10.3. The lowest BCUT2D eigenvalue weighted by Gasteiger charge is -2.26. The Balaban J connectivity index is 2.72. The van der Waals surface area contributed by atoms with Gasteiger partial charge >= 0.3 is 0 Å². The Morgan fingerprint density at radius 1 is 1.46 bits per heavy atom. The van der Waals surface area contributed by atoms with Crippen LogP contribution >= 0.6 is 0 Å². The molecule has 1 aromatic heterocycles. The molecule has 1 atom stereocenters. The predicted molar refractivity (Wildman–Crippen MR) is 53.4 cm³/mol. The molecule has 13 heavy (non-hydrogen) atoms. The van der Waals surface area contributed by atoms with Crippen LogP contribution in [0.15, 0.2) is 22.8 Å². The lowest BCUT2D eigenvalue weighted by molar-refractivity contribution is 0.198. The van der Waals surface area contributed by atoms with E-state index in [1.54, 1.807) is 6.26 Å². The van der Waals surface area contributed by atoms with Crippen LogP contribution in [0.25, 0.3) is 0 Å². The molecule has 0 aliphatic heterocycles. The van der Waals surface area contributed by atoms with E-state index in [1.807, 2.05) is 12.1 Å². The average Bonchev–Trinajstić information content (AvgIpc) is 2.66. The summed E-state index contributed by atoms with van der Waals surface area (Å²) < 4.78 is 5.35. The Hall–Kier alpha value is -0.800. The van der Waals surface area contributed by atoms with Crippen molar-refractivity contribution < 1.29 is 4.42 Å². The average molecular weight is 182 g/mol. The van der Waals surface area contributed by atoms with Crippen LogP contribution < -0.4 is 5.73 Å². The van der Waals surface area contributed by atoms with Gasteiger partial charge in [0.05, 0.1) is 12.3 Å². The first-order chi connectivity index (χ1) is 6.33. The van der Waals surface area contributed by atoms with Gasteiger partial charge in [0.25, 0.3) is 0 Å². The second kappa shape index (κ2) is 5.04. The highest BCUT2D eigenvalue weighted by Crippen LogP contribution is 2.19. The molecule has 74 valence electrons. The van der Waals surface area contributed by atoms with Gasteiger partial charge in [-0.2, -0.15) is 0 Å². The maximum atomic E-state index is 5.71. The zero-order valence-corrected chi connectivity index (χ0v) is 8.36. The van der Waals surface area contributed by atoms with Crippen molar-refractivity contribution in [3.8, 4) is 0 Å². The van der Waals surface area contributed by atoms with Crippen molar-refractivity contribution in [2.45, 2.75) is 19.9 Å². The normalized spacial score (nSPS) is 13.5. The number of hydrogen-bond acceptors (Lipinski definition) is 3. The van der Waals surface area contributed by atoms with E-state index in [4.69, 9.17) is 10.2 Å². The van der Waals surface area contributed by atoms with Gasteiger partial charge in [0, 0.05) is 6.54 Å². The zero-order chi connectivity index (χ0) is 9.68. The topological polar surface area (TPSA) is 42.4 Å². The summed E-state index contributed by atoms with van der Waals surface area (Å²) in [5.41, 5.74) is 5.71. The lowest BCUT2D eigenvalue weighted by Crippen LogP contribution is -2.33. The third-order valence-electron chi connectivity index (χ3n) is 2.35. The quantitative estimate of drug-likeness (QED) is 0.752. The van der Waals surface area contributed by atoms with Crippen LogP contribution in [0.3, 0.4) is 0 Å². The standard InChI is InChI=1S/C10H18N2O/c1-3-12(4-2)9(8-11)10-6-5-7-13-10/h5-7,9H,3-4,8,11H2,1-2H3. The van der Waals surface area contributed by atoms with Gasteiger partial charge < -0.3 is 10.2 Å². The highest BCUT2D eigenvalue weighted by molar-refractivity contribution is 5.05. The molecule has 3 heteroatoms. The fourth-order valence-electron chi connectivity index (χ4n) is 1.59. The van der Waals surface area contributed by atoms with Crippen LogP contribution in [-0.2, 0) is 0 Å². The predicted octanol–water partition coefficient (Wildman–Crippen LogP) is 1.62. The molecule has 1 heterocycles. The van der Waals surface area contributed by atoms with Gasteiger partial charge in [0.1, 0.15) is 5.76 Å². The Morgan fingerprint density at radius 2 is 2.15 bits per heavy atom. The summed E-state index contributed by atoms with van der Waals surface area (Å²) in [5, 5.41) is 0. The SMILES string of the molecule is CCN(CC)C(CN)c1ccco1. The van der Waals surface area contributed by atoms with E-state index in [1.165, 1.54) is 0 Å². The minimum absolute atomic E-state index is 0.227. The van der Waals surface area contributed by atoms with Crippen LogP contribution in [0.5, 0.6) is 0 Å². The molecule has 0 saturated carbocycles. The number of furan rings is 1. The molecule has 0 fully saturated rings. The number of rotatable bonds is 5. The first-order valence-electron chi connectivity index (χ1n) is 4.81. The Bertz CT molecular complexity index is 217. The number of likely N-dealkylation sites (N-methyl/N-ethyl adjacent to an activating group) is 1. The largest absolute Gasteiger partial charge is 0.468 e. The highest BCUT2D eigenvalue weighted by Gasteiger charge is 2.17. The van der Waals surface area contributed by atoms with Crippen LogP contribution in [-0.4, -0.2) is 24.5 Å². The minimum atomic E-state index is 0.227. The first-order valence-corrected chi connectivity index (χ1v) is 4.81. The smallest absolute Gasteiger partial charge is 0.122 e. The van der Waals surface area contributed by atoms with Gasteiger partial charge in [-0.25, -0.2) is 0 Å². The van der Waals surface area contributed by atoms with Crippen molar-refractivity contribution in [2.24, 2.45) is 5.73 Å². The summed E-state index contributed by atoms with van der Waals surface area (Å²) in [6.45, 7) is 6.87. The Kier molecular flexibility index (Phi) is 3.99. The van der Waals surface area contributed by atoms with Crippen molar-refractivity contribution in [3.63, 3.8) is 0 Å². The maximum Gasteiger partial charge on any atom is 0.122 e. The van der Waals surface area contributed by atoms with Crippen LogP contribution in [0, 0.1) is 0 Å². The van der Waals surface area contributed by atoms with Crippen molar-refractivity contribution >= 4 is 0 Å². The molecule has 0 aliphatic carbocycles. The Labute approximate surface area is 79.5 Å². The molecular weight excluding hydrogens is 164 g/mol. The summed E-state index contributed by atoms with van der Waals surface area (Å²) in [7, 11) is 0. The van der Waals surface area contributed by atoms with Gasteiger partial charge in [-0.3, -0.25) is 4.90 Å². The zero-order valence-electron chi connectivity index (χ0n) is 8.36. The maximum absolute atomic E-state index is 5.71. The van der Waals surface area contributed by atoms with E-state index in [0.717, 1.165) is 18.8 Å². The van der Waals surface area contributed by atoms with Gasteiger partial charge in [0.2, 0.25) is 0 Å². The van der Waals surface area contributed by atoms with Crippen molar-refractivity contribution in [1.82, 2.24) is 4.90 Å². The van der Waals surface area contributed by atoms with Gasteiger partial charge in [-0.1, -0.05) is 13.8 Å². The number of nitrogens with two attached hydrogens (primary N) is 1. The molecule has 0 saturated heterocycles. The fourth-order valence-corrected chi connectivity index (χ4v) is 1.59. The second-order valence-corrected chi connectivity index (χ2v) is 2.99. The summed E-state index contributed by atoms with van der Waals surface area (Å²) >= 11 is 0. The van der Waals surface area contributed by atoms with Crippen LogP contribution in [0.2, 0.25) is 0 Å². The third-order valence-corrected chi connectivity index (χ3v) is 2.35. The van der Waals surface area contributed by atoms with Crippen LogP contribution in [0.1, 0.15) is 25.6 Å². The molecule has 1 aromatic rings. The van der Waals surface area contributed by atoms with E-state index in [2.05, 4.69) is 18.7 Å². The summed E-state index contributed by atoms with van der Waals surface area (Å²) in [5.74, 6) is 0.964. The summed E-state index contributed by atoms with van der Waals surface area (Å²) in [6.07, 6.45) is 1.70. The monoisotopic (exact) mass is 182 g/mol. The van der Waals surface area contributed by atoms with Gasteiger partial charge in [0.15, 0.2) is 0 Å². The highest BCUT2D eigenvalue weighted by atomic mass is 16.3. The van der Waals surface area contributed by atoms with E-state index in [9.17, 15) is 0 Å². The van der Waals surface area contributed by atoms with Crippen molar-refractivity contribution in [1.29, 1.82) is 0 Å². The van der Waals surface area contributed by atoms with Crippen molar-refractivity contribution in [3.05, 3.63) is 24.2 Å². The second-order valence-electron chi connectivity index (χ2n) is 2.99. The van der Waals surface area contributed by atoms with Gasteiger partial charge in [-0.05, 0) is 25.2 Å². The van der Waals surface area contributed by atoms with E-state index in [0.29, 0.717) is 6.54 Å². The fraction of sp³-hybridized carbons (Fsp3) is 0.600. The summed E-state index contributed by atoms with van der Waals surface area (Å²) in [4.78, 5) is 2.29. The van der Waals surface area contributed by atoms with Crippen molar-refractivity contribution in [2.75, 3.05) is 19.6 Å². The molecule has 3 nitrogen and oxygen atoms in total.